The van der Waals surface area contributed by atoms with Gasteiger partial charge in [0.25, 0.3) is 0 Å². The lowest BCUT2D eigenvalue weighted by Gasteiger charge is -2.10. The zero-order chi connectivity index (χ0) is 10.0. The molecule has 1 aromatic rings. The molecule has 0 bridgehead atoms. The fourth-order valence-corrected chi connectivity index (χ4v) is 2.53. The van der Waals surface area contributed by atoms with E-state index in [0.717, 1.165) is 10.0 Å². The lowest BCUT2D eigenvalue weighted by molar-refractivity contribution is 0.572. The van der Waals surface area contributed by atoms with Gasteiger partial charge in [-0.15, -0.1) is 11.8 Å². The summed E-state index contributed by atoms with van der Waals surface area (Å²) in [5, 5.41) is 0. The van der Waals surface area contributed by atoms with Crippen LogP contribution in [0.1, 0.15) is 25.3 Å². The van der Waals surface area contributed by atoms with Crippen molar-refractivity contribution >= 4 is 27.7 Å². The zero-order valence-electron chi connectivity index (χ0n) is 7.90. The molecule has 0 N–H and O–H groups in total. The van der Waals surface area contributed by atoms with Crippen LogP contribution in [0.2, 0.25) is 0 Å². The number of hydrogen-bond acceptors (Lipinski definition) is 1. The van der Waals surface area contributed by atoms with Crippen LogP contribution in [-0.4, -0.2) is 6.26 Å². The first kappa shape index (κ1) is 11.1. The summed E-state index contributed by atoms with van der Waals surface area (Å²) < 4.78 is 14.6. The molecule has 0 heterocycles. The van der Waals surface area contributed by atoms with E-state index in [4.69, 9.17) is 0 Å². The van der Waals surface area contributed by atoms with Crippen molar-refractivity contribution in [1.82, 2.24) is 0 Å². The maximum atomic E-state index is 13.7. The van der Waals surface area contributed by atoms with E-state index in [9.17, 15) is 4.39 Å². The molecule has 0 amide bonds. The molecule has 0 aliphatic carbocycles. The Hall–Kier alpha value is -0.0200. The van der Waals surface area contributed by atoms with Gasteiger partial charge in [-0.3, -0.25) is 0 Å². The van der Waals surface area contributed by atoms with Crippen LogP contribution in [0.3, 0.4) is 0 Å². The largest absolute Gasteiger partial charge is 0.205 e. The highest BCUT2D eigenvalue weighted by atomic mass is 79.9. The summed E-state index contributed by atoms with van der Waals surface area (Å²) in [7, 11) is 0. The lowest BCUT2D eigenvalue weighted by atomic mass is 10.0. The van der Waals surface area contributed by atoms with Gasteiger partial charge in [-0.1, -0.05) is 19.9 Å². The van der Waals surface area contributed by atoms with E-state index in [2.05, 4.69) is 15.9 Å². The summed E-state index contributed by atoms with van der Waals surface area (Å²) >= 11 is 4.76. The summed E-state index contributed by atoms with van der Waals surface area (Å²) in [6.45, 7) is 3.99. The summed E-state index contributed by atoms with van der Waals surface area (Å²) in [6, 6.07) is 3.74. The Bertz CT molecular complexity index is 310. The molecule has 1 aromatic carbocycles. The molecule has 0 saturated carbocycles. The molecule has 3 heteroatoms. The highest BCUT2D eigenvalue weighted by molar-refractivity contribution is 9.10. The van der Waals surface area contributed by atoms with E-state index in [1.54, 1.807) is 0 Å². The third-order valence-corrected chi connectivity index (χ3v) is 3.64. The minimum Gasteiger partial charge on any atom is -0.205 e. The summed E-state index contributed by atoms with van der Waals surface area (Å²) in [5.41, 5.74) is 0.785. The second-order valence-corrected chi connectivity index (χ2v) is 4.81. The molecule has 0 unspecified atom stereocenters. The SMILES string of the molecule is CSc1c(Br)ccc(C(C)C)c1F. The van der Waals surface area contributed by atoms with Gasteiger partial charge < -0.3 is 0 Å². The van der Waals surface area contributed by atoms with E-state index < -0.39 is 0 Å². The van der Waals surface area contributed by atoms with Crippen LogP contribution in [0, 0.1) is 5.82 Å². The Morgan fingerprint density at radius 2 is 2.00 bits per heavy atom. The van der Waals surface area contributed by atoms with Gasteiger partial charge in [-0.25, -0.2) is 4.39 Å². The minimum atomic E-state index is -0.0862. The topological polar surface area (TPSA) is 0 Å². The maximum absolute atomic E-state index is 13.7. The Morgan fingerprint density at radius 1 is 1.38 bits per heavy atom. The molecule has 0 aromatic heterocycles. The van der Waals surface area contributed by atoms with Crippen LogP contribution in [0.5, 0.6) is 0 Å². The average Bonchev–Trinajstić information content (AvgIpc) is 2.04. The average molecular weight is 263 g/mol. The predicted octanol–water partition coefficient (Wildman–Crippen LogP) is 4.43. The van der Waals surface area contributed by atoms with Gasteiger partial charge in [0.05, 0.1) is 4.90 Å². The number of benzene rings is 1. The molecule has 0 saturated heterocycles. The van der Waals surface area contributed by atoms with Crippen molar-refractivity contribution in [3.63, 3.8) is 0 Å². The van der Waals surface area contributed by atoms with E-state index in [-0.39, 0.29) is 11.7 Å². The van der Waals surface area contributed by atoms with E-state index in [0.29, 0.717) is 4.90 Å². The Balaban J connectivity index is 3.27. The molecular weight excluding hydrogens is 251 g/mol. The third kappa shape index (κ3) is 2.26. The molecule has 0 aliphatic rings. The van der Waals surface area contributed by atoms with Gasteiger partial charge in [-0.2, -0.15) is 0 Å². The molecule has 0 spiro atoms. The smallest absolute Gasteiger partial charge is 0.141 e. The van der Waals surface area contributed by atoms with Crippen LogP contribution >= 0.6 is 27.7 Å². The summed E-state index contributed by atoms with van der Waals surface area (Å²) in [4.78, 5) is 0.700. The molecule has 1 rings (SSSR count). The monoisotopic (exact) mass is 262 g/mol. The van der Waals surface area contributed by atoms with Crippen molar-refractivity contribution in [2.75, 3.05) is 6.26 Å². The quantitative estimate of drug-likeness (QED) is 0.711. The predicted molar refractivity (Wildman–Crippen MR) is 60.0 cm³/mol. The molecule has 0 radical (unpaired) electrons. The van der Waals surface area contributed by atoms with Gasteiger partial charge in [0.15, 0.2) is 0 Å². The third-order valence-electron chi connectivity index (χ3n) is 1.91. The molecular formula is C10H12BrFS. The second kappa shape index (κ2) is 4.47. The molecule has 0 aliphatic heterocycles. The van der Waals surface area contributed by atoms with E-state index >= 15 is 0 Å². The van der Waals surface area contributed by atoms with Crippen LogP contribution in [0.25, 0.3) is 0 Å². The first-order chi connectivity index (χ1) is 6.07. The number of hydrogen-bond donors (Lipinski definition) is 0. The Kier molecular flexibility index (Phi) is 3.80. The van der Waals surface area contributed by atoms with Gasteiger partial charge in [0.1, 0.15) is 5.82 Å². The second-order valence-electron chi connectivity index (χ2n) is 3.14. The number of thioether (sulfide) groups is 1. The van der Waals surface area contributed by atoms with Gasteiger partial charge >= 0.3 is 0 Å². The fraction of sp³-hybridized carbons (Fsp3) is 0.400. The van der Waals surface area contributed by atoms with Crippen LogP contribution < -0.4 is 0 Å². The highest BCUT2D eigenvalue weighted by Crippen LogP contribution is 2.32. The lowest BCUT2D eigenvalue weighted by Crippen LogP contribution is -1.95. The van der Waals surface area contributed by atoms with Gasteiger partial charge in [0.2, 0.25) is 0 Å². The molecule has 13 heavy (non-hydrogen) atoms. The van der Waals surface area contributed by atoms with Gasteiger partial charge in [0, 0.05) is 4.47 Å². The molecule has 72 valence electrons. The standard InChI is InChI=1S/C10H12BrFS/c1-6(2)7-4-5-8(11)10(13-3)9(7)12/h4-6H,1-3H3. The first-order valence-electron chi connectivity index (χ1n) is 4.09. The van der Waals surface area contributed by atoms with Gasteiger partial charge in [-0.05, 0) is 39.7 Å². The zero-order valence-corrected chi connectivity index (χ0v) is 10.3. The number of halogens is 2. The normalized spacial score (nSPS) is 10.9. The minimum absolute atomic E-state index is 0.0862. The van der Waals surface area contributed by atoms with E-state index in [1.165, 1.54) is 11.8 Å². The summed E-state index contributed by atoms with van der Waals surface area (Å²) in [6.07, 6.45) is 1.88. The van der Waals surface area contributed by atoms with Crippen molar-refractivity contribution in [2.45, 2.75) is 24.7 Å². The van der Waals surface area contributed by atoms with Crippen molar-refractivity contribution in [2.24, 2.45) is 0 Å². The Labute approximate surface area is 91.0 Å². The van der Waals surface area contributed by atoms with Crippen molar-refractivity contribution < 1.29 is 4.39 Å². The first-order valence-corrected chi connectivity index (χ1v) is 6.11. The number of rotatable bonds is 2. The van der Waals surface area contributed by atoms with Crippen molar-refractivity contribution in [3.05, 3.63) is 28.0 Å². The molecule has 0 atom stereocenters. The maximum Gasteiger partial charge on any atom is 0.141 e. The Morgan fingerprint density at radius 3 is 2.46 bits per heavy atom. The van der Waals surface area contributed by atoms with Crippen LogP contribution in [-0.2, 0) is 0 Å². The van der Waals surface area contributed by atoms with Crippen LogP contribution in [0.4, 0.5) is 4.39 Å². The van der Waals surface area contributed by atoms with Crippen molar-refractivity contribution in [3.8, 4) is 0 Å². The van der Waals surface area contributed by atoms with Crippen molar-refractivity contribution in [1.29, 1.82) is 0 Å². The summed E-state index contributed by atoms with van der Waals surface area (Å²) in [5.74, 6) is 0.149. The highest BCUT2D eigenvalue weighted by Gasteiger charge is 2.12. The van der Waals surface area contributed by atoms with E-state index in [1.807, 2.05) is 32.2 Å². The molecule has 0 fully saturated rings. The van der Waals surface area contributed by atoms with Crippen LogP contribution in [0.15, 0.2) is 21.5 Å². The molecule has 0 nitrogen and oxygen atoms in total. The fourth-order valence-electron chi connectivity index (χ4n) is 1.18.